The summed E-state index contributed by atoms with van der Waals surface area (Å²) in [5.41, 5.74) is 8.60. The predicted octanol–water partition coefficient (Wildman–Crippen LogP) is 2.86. The van der Waals surface area contributed by atoms with Gasteiger partial charge in [-0.3, -0.25) is 0 Å². The zero-order chi connectivity index (χ0) is 15.2. The minimum atomic E-state index is -0.434. The number of nitriles is 1. The van der Waals surface area contributed by atoms with E-state index in [-0.39, 0.29) is 13.2 Å². The molecular weight excluding hydrogens is 264 g/mol. The molecule has 0 radical (unpaired) electrons. The standard InChI is InChI=1S/C17H16N2O2/c1-2-21-17(20)14-9-8-13(10-18)15(11-19)16(14)12-6-4-3-5-7-12/h3-9H,2,10,18H2,1H3. The molecule has 0 aliphatic heterocycles. The molecule has 2 aromatic rings. The van der Waals surface area contributed by atoms with Gasteiger partial charge in [-0.1, -0.05) is 36.4 Å². The van der Waals surface area contributed by atoms with Gasteiger partial charge in [-0.2, -0.15) is 5.26 Å². The first kappa shape index (κ1) is 14.8. The van der Waals surface area contributed by atoms with Crippen LogP contribution in [0.1, 0.15) is 28.4 Å². The molecule has 106 valence electrons. The normalized spacial score (nSPS) is 9.95. The van der Waals surface area contributed by atoms with Crippen LogP contribution in [0.3, 0.4) is 0 Å². The Morgan fingerprint density at radius 3 is 2.52 bits per heavy atom. The Kier molecular flexibility index (Phi) is 4.70. The van der Waals surface area contributed by atoms with Crippen LogP contribution in [0, 0.1) is 11.3 Å². The van der Waals surface area contributed by atoms with E-state index in [1.807, 2.05) is 30.3 Å². The maximum Gasteiger partial charge on any atom is 0.338 e. The lowest BCUT2D eigenvalue weighted by Crippen LogP contribution is -2.10. The van der Waals surface area contributed by atoms with Crippen molar-refractivity contribution in [3.63, 3.8) is 0 Å². The van der Waals surface area contributed by atoms with Gasteiger partial charge in [0.1, 0.15) is 6.07 Å². The van der Waals surface area contributed by atoms with Gasteiger partial charge in [0.15, 0.2) is 0 Å². The fourth-order valence-corrected chi connectivity index (χ4v) is 2.23. The molecule has 0 spiro atoms. The van der Waals surface area contributed by atoms with Gasteiger partial charge in [-0.05, 0) is 24.1 Å². The Hall–Kier alpha value is -2.64. The van der Waals surface area contributed by atoms with Crippen LogP contribution in [0.15, 0.2) is 42.5 Å². The number of carbonyl (C=O) groups is 1. The Balaban J connectivity index is 2.73. The highest BCUT2D eigenvalue weighted by molar-refractivity contribution is 5.99. The second-order valence-electron chi connectivity index (χ2n) is 4.42. The summed E-state index contributed by atoms with van der Waals surface area (Å²) in [6, 6.07) is 14.9. The molecular formula is C17H16N2O2. The van der Waals surface area contributed by atoms with Crippen molar-refractivity contribution in [1.82, 2.24) is 0 Å². The number of esters is 1. The monoisotopic (exact) mass is 280 g/mol. The first-order chi connectivity index (χ1) is 10.2. The summed E-state index contributed by atoms with van der Waals surface area (Å²) in [5.74, 6) is -0.434. The summed E-state index contributed by atoms with van der Waals surface area (Å²) < 4.78 is 5.08. The van der Waals surface area contributed by atoms with E-state index in [1.165, 1.54) is 0 Å². The summed E-state index contributed by atoms with van der Waals surface area (Å²) >= 11 is 0. The van der Waals surface area contributed by atoms with Gasteiger partial charge in [0, 0.05) is 12.1 Å². The molecule has 0 saturated heterocycles. The van der Waals surface area contributed by atoms with Crippen LogP contribution in [0.2, 0.25) is 0 Å². The van der Waals surface area contributed by atoms with Gasteiger partial charge < -0.3 is 10.5 Å². The average Bonchev–Trinajstić information content (AvgIpc) is 2.54. The molecule has 0 amide bonds. The molecule has 0 aromatic heterocycles. The lowest BCUT2D eigenvalue weighted by Gasteiger charge is -2.13. The molecule has 0 unspecified atom stereocenters. The van der Waals surface area contributed by atoms with Crippen molar-refractivity contribution in [3.8, 4) is 17.2 Å². The van der Waals surface area contributed by atoms with Gasteiger partial charge in [0.2, 0.25) is 0 Å². The van der Waals surface area contributed by atoms with E-state index >= 15 is 0 Å². The van der Waals surface area contributed by atoms with Gasteiger partial charge in [0.05, 0.1) is 17.7 Å². The van der Waals surface area contributed by atoms with Crippen molar-refractivity contribution in [1.29, 1.82) is 5.26 Å². The van der Waals surface area contributed by atoms with Crippen molar-refractivity contribution in [2.45, 2.75) is 13.5 Å². The van der Waals surface area contributed by atoms with Gasteiger partial charge >= 0.3 is 5.97 Å². The number of nitrogens with zero attached hydrogens (tertiary/aromatic N) is 1. The van der Waals surface area contributed by atoms with E-state index in [4.69, 9.17) is 10.5 Å². The molecule has 21 heavy (non-hydrogen) atoms. The zero-order valence-corrected chi connectivity index (χ0v) is 11.8. The highest BCUT2D eigenvalue weighted by Crippen LogP contribution is 2.30. The summed E-state index contributed by atoms with van der Waals surface area (Å²) in [5, 5.41) is 9.47. The number of carbonyl (C=O) groups excluding carboxylic acids is 1. The largest absolute Gasteiger partial charge is 0.462 e. The predicted molar refractivity (Wildman–Crippen MR) is 80.4 cm³/mol. The van der Waals surface area contributed by atoms with Crippen LogP contribution in [-0.4, -0.2) is 12.6 Å². The molecule has 0 atom stereocenters. The van der Waals surface area contributed by atoms with E-state index in [9.17, 15) is 10.1 Å². The third kappa shape index (κ3) is 2.93. The SMILES string of the molecule is CCOC(=O)c1ccc(CN)c(C#N)c1-c1ccccc1. The molecule has 0 aliphatic rings. The number of hydrogen-bond acceptors (Lipinski definition) is 4. The Morgan fingerprint density at radius 2 is 1.95 bits per heavy atom. The van der Waals surface area contributed by atoms with Crippen LogP contribution in [0.25, 0.3) is 11.1 Å². The number of benzene rings is 2. The molecule has 0 bridgehead atoms. The van der Waals surface area contributed by atoms with Crippen LogP contribution in [0.5, 0.6) is 0 Å². The first-order valence-corrected chi connectivity index (χ1v) is 6.71. The van der Waals surface area contributed by atoms with Gasteiger partial charge in [0.25, 0.3) is 0 Å². The molecule has 0 saturated carbocycles. The van der Waals surface area contributed by atoms with E-state index in [2.05, 4.69) is 6.07 Å². The van der Waals surface area contributed by atoms with Crippen molar-refractivity contribution in [3.05, 3.63) is 59.2 Å². The van der Waals surface area contributed by atoms with Crippen molar-refractivity contribution >= 4 is 5.97 Å². The second kappa shape index (κ2) is 6.69. The number of hydrogen-bond donors (Lipinski definition) is 1. The quantitative estimate of drug-likeness (QED) is 0.874. The summed E-state index contributed by atoms with van der Waals surface area (Å²) in [4.78, 5) is 12.1. The van der Waals surface area contributed by atoms with E-state index < -0.39 is 5.97 Å². The Labute approximate surface area is 123 Å². The van der Waals surface area contributed by atoms with Crippen LogP contribution in [0.4, 0.5) is 0 Å². The summed E-state index contributed by atoms with van der Waals surface area (Å²) in [6.45, 7) is 2.28. The Bertz CT molecular complexity index is 688. The first-order valence-electron chi connectivity index (χ1n) is 6.71. The van der Waals surface area contributed by atoms with Crippen LogP contribution in [-0.2, 0) is 11.3 Å². The average molecular weight is 280 g/mol. The van der Waals surface area contributed by atoms with Crippen LogP contribution >= 0.6 is 0 Å². The van der Waals surface area contributed by atoms with E-state index in [1.54, 1.807) is 19.1 Å². The molecule has 4 nitrogen and oxygen atoms in total. The molecule has 2 rings (SSSR count). The third-order valence-electron chi connectivity index (χ3n) is 3.18. The van der Waals surface area contributed by atoms with Gasteiger partial charge in [-0.25, -0.2) is 4.79 Å². The topological polar surface area (TPSA) is 76.1 Å². The van der Waals surface area contributed by atoms with E-state index in [0.29, 0.717) is 22.3 Å². The minimum Gasteiger partial charge on any atom is -0.462 e. The fraction of sp³-hybridized carbons (Fsp3) is 0.176. The molecule has 2 aromatic carbocycles. The number of rotatable bonds is 4. The number of ether oxygens (including phenoxy) is 1. The summed E-state index contributed by atoms with van der Waals surface area (Å²) in [7, 11) is 0. The second-order valence-corrected chi connectivity index (χ2v) is 4.42. The van der Waals surface area contributed by atoms with Crippen molar-refractivity contribution in [2.24, 2.45) is 5.73 Å². The maximum absolute atomic E-state index is 12.1. The van der Waals surface area contributed by atoms with Crippen LogP contribution < -0.4 is 5.73 Å². The third-order valence-corrected chi connectivity index (χ3v) is 3.18. The molecule has 4 heteroatoms. The lowest BCUT2D eigenvalue weighted by atomic mass is 9.91. The number of nitrogens with two attached hydrogens (primary N) is 1. The highest BCUT2D eigenvalue weighted by atomic mass is 16.5. The summed E-state index contributed by atoms with van der Waals surface area (Å²) in [6.07, 6.45) is 0. The molecule has 0 heterocycles. The molecule has 0 aliphatic carbocycles. The van der Waals surface area contributed by atoms with E-state index in [0.717, 1.165) is 5.56 Å². The molecule has 2 N–H and O–H groups in total. The molecule has 0 fully saturated rings. The lowest BCUT2D eigenvalue weighted by molar-refractivity contribution is 0.0527. The smallest absolute Gasteiger partial charge is 0.338 e. The van der Waals surface area contributed by atoms with Crippen molar-refractivity contribution < 1.29 is 9.53 Å². The maximum atomic E-state index is 12.1. The fourth-order valence-electron chi connectivity index (χ4n) is 2.23. The Morgan fingerprint density at radius 1 is 1.24 bits per heavy atom. The van der Waals surface area contributed by atoms with Crippen molar-refractivity contribution in [2.75, 3.05) is 6.61 Å². The zero-order valence-electron chi connectivity index (χ0n) is 11.8. The highest BCUT2D eigenvalue weighted by Gasteiger charge is 2.19. The van der Waals surface area contributed by atoms with Gasteiger partial charge in [-0.15, -0.1) is 0 Å². The minimum absolute atomic E-state index is 0.242.